The molecule has 0 amide bonds. The fraction of sp³-hybridized carbons (Fsp3) is 0.900. The molecule has 4 nitrogen and oxygen atoms in total. The van der Waals surface area contributed by atoms with E-state index in [0.717, 1.165) is 12.8 Å². The number of hydrogen-bond acceptors (Lipinski definition) is 3. The second-order valence-electron chi connectivity index (χ2n) is 4.15. The van der Waals surface area contributed by atoms with Crippen LogP contribution in [0.25, 0.3) is 0 Å². The van der Waals surface area contributed by atoms with Crippen LogP contribution in [0.15, 0.2) is 4.99 Å². The van der Waals surface area contributed by atoms with E-state index in [4.69, 9.17) is 5.84 Å². The molecule has 18 heavy (non-hydrogen) atoms. The summed E-state index contributed by atoms with van der Waals surface area (Å²) in [5.41, 5.74) is -1.80. The first-order valence-electron chi connectivity index (χ1n) is 5.99. The highest BCUT2D eigenvalue weighted by atomic mass is 32.2. The highest BCUT2D eigenvalue weighted by Crippen LogP contribution is 2.29. The Morgan fingerprint density at radius 2 is 1.94 bits per heavy atom. The summed E-state index contributed by atoms with van der Waals surface area (Å²) in [5.74, 6) is 5.57. The predicted molar refractivity (Wildman–Crippen MR) is 68.1 cm³/mol. The first-order chi connectivity index (χ1) is 8.51. The van der Waals surface area contributed by atoms with Crippen molar-refractivity contribution in [2.45, 2.75) is 43.7 Å². The summed E-state index contributed by atoms with van der Waals surface area (Å²) >= 11 is -0.0713. The molecule has 0 saturated heterocycles. The maximum absolute atomic E-state index is 11.9. The van der Waals surface area contributed by atoms with Gasteiger partial charge in [-0.2, -0.15) is 13.2 Å². The number of nitrogens with zero attached hydrogens (tertiary/aromatic N) is 1. The Labute approximate surface area is 109 Å². The van der Waals surface area contributed by atoms with Gasteiger partial charge in [0.2, 0.25) is 5.96 Å². The van der Waals surface area contributed by atoms with Gasteiger partial charge >= 0.3 is 5.51 Å². The molecule has 1 aliphatic carbocycles. The summed E-state index contributed by atoms with van der Waals surface area (Å²) in [4.78, 5) is 3.99. The van der Waals surface area contributed by atoms with Crippen molar-refractivity contribution in [3.8, 4) is 0 Å². The smallest absolute Gasteiger partial charge is 0.353 e. The van der Waals surface area contributed by atoms with E-state index in [9.17, 15) is 13.2 Å². The lowest BCUT2D eigenvalue weighted by Crippen LogP contribution is -2.47. The number of hydrazine groups is 1. The number of aliphatic imine (C=N–C) groups is 1. The molecule has 0 unspecified atom stereocenters. The lowest BCUT2D eigenvalue weighted by molar-refractivity contribution is -0.0327. The number of thioether (sulfide) groups is 1. The maximum Gasteiger partial charge on any atom is 0.441 e. The quantitative estimate of drug-likeness (QED) is 0.243. The molecule has 8 heteroatoms. The number of hydrogen-bond donors (Lipinski definition) is 3. The number of alkyl halides is 3. The van der Waals surface area contributed by atoms with Gasteiger partial charge in [0.25, 0.3) is 0 Å². The van der Waals surface area contributed by atoms with Gasteiger partial charge in [-0.25, -0.2) is 5.84 Å². The van der Waals surface area contributed by atoms with Crippen molar-refractivity contribution in [1.29, 1.82) is 0 Å². The summed E-state index contributed by atoms with van der Waals surface area (Å²) in [6, 6.07) is 0.323. The Morgan fingerprint density at radius 3 is 2.50 bits per heavy atom. The lowest BCUT2D eigenvalue weighted by atomic mass is 9.96. The van der Waals surface area contributed by atoms with Gasteiger partial charge in [0, 0.05) is 11.8 Å². The van der Waals surface area contributed by atoms with E-state index >= 15 is 0 Å². The zero-order chi connectivity index (χ0) is 13.4. The van der Waals surface area contributed by atoms with Crippen molar-refractivity contribution >= 4 is 17.7 Å². The summed E-state index contributed by atoms with van der Waals surface area (Å²) in [6.45, 7) is 0.0867. The minimum atomic E-state index is -4.19. The van der Waals surface area contributed by atoms with Crippen molar-refractivity contribution in [1.82, 2.24) is 10.7 Å². The molecule has 1 aliphatic rings. The average Bonchev–Trinajstić information content (AvgIpc) is 2.33. The fourth-order valence-electron chi connectivity index (χ4n) is 1.89. The minimum Gasteiger partial charge on any atom is -0.353 e. The third-order valence-electron chi connectivity index (χ3n) is 2.71. The van der Waals surface area contributed by atoms with E-state index in [1.54, 1.807) is 0 Å². The SMILES string of the molecule is NNC(=NCCSC(F)(F)F)NC1CCCCC1. The minimum absolute atomic E-state index is 0.0713. The maximum atomic E-state index is 11.9. The van der Waals surface area contributed by atoms with Crippen LogP contribution in [0.3, 0.4) is 0 Å². The Morgan fingerprint density at radius 1 is 1.28 bits per heavy atom. The molecule has 106 valence electrons. The summed E-state index contributed by atoms with van der Waals surface area (Å²) in [5, 5.41) is 3.13. The van der Waals surface area contributed by atoms with Gasteiger partial charge < -0.3 is 5.32 Å². The lowest BCUT2D eigenvalue weighted by Gasteiger charge is -2.24. The van der Waals surface area contributed by atoms with Crippen molar-refractivity contribution in [3.63, 3.8) is 0 Å². The van der Waals surface area contributed by atoms with Crippen LogP contribution in [-0.2, 0) is 0 Å². The molecule has 0 aromatic rings. The highest BCUT2D eigenvalue weighted by molar-refractivity contribution is 8.00. The molecule has 0 bridgehead atoms. The van der Waals surface area contributed by atoms with Crippen LogP contribution in [-0.4, -0.2) is 29.8 Å². The number of nitrogens with one attached hydrogen (secondary N) is 2. The van der Waals surface area contributed by atoms with Crippen LogP contribution in [0, 0.1) is 0 Å². The summed E-state index contributed by atoms with van der Waals surface area (Å²) < 4.78 is 35.7. The first-order valence-corrected chi connectivity index (χ1v) is 6.98. The largest absolute Gasteiger partial charge is 0.441 e. The van der Waals surface area contributed by atoms with Gasteiger partial charge in [0.05, 0.1) is 6.54 Å². The van der Waals surface area contributed by atoms with Gasteiger partial charge in [-0.1, -0.05) is 19.3 Å². The van der Waals surface area contributed by atoms with Crippen molar-refractivity contribution in [3.05, 3.63) is 0 Å². The van der Waals surface area contributed by atoms with E-state index in [2.05, 4.69) is 15.7 Å². The second kappa shape index (κ2) is 7.73. The standard InChI is InChI=1S/C10H19F3N4S/c11-10(12,13)18-7-6-15-9(17-14)16-8-4-2-1-3-5-8/h8H,1-7,14H2,(H2,15,16,17). The Bertz CT molecular complexity index is 264. The molecule has 0 spiro atoms. The molecule has 1 fully saturated rings. The van der Waals surface area contributed by atoms with Gasteiger partial charge in [-0.3, -0.25) is 10.4 Å². The van der Waals surface area contributed by atoms with E-state index in [-0.39, 0.29) is 24.1 Å². The number of guanidine groups is 1. The van der Waals surface area contributed by atoms with E-state index in [1.165, 1.54) is 19.3 Å². The summed E-state index contributed by atoms with van der Waals surface area (Å²) in [7, 11) is 0. The van der Waals surface area contributed by atoms with Gasteiger partial charge in [0.15, 0.2) is 0 Å². The number of nitrogens with two attached hydrogens (primary N) is 1. The van der Waals surface area contributed by atoms with Gasteiger partial charge in [-0.15, -0.1) is 0 Å². The molecule has 0 aromatic carbocycles. The van der Waals surface area contributed by atoms with E-state index < -0.39 is 5.51 Å². The Kier molecular flexibility index (Phi) is 6.62. The zero-order valence-electron chi connectivity index (χ0n) is 10.1. The number of halogens is 3. The average molecular weight is 284 g/mol. The molecular weight excluding hydrogens is 265 g/mol. The second-order valence-corrected chi connectivity index (χ2v) is 5.31. The van der Waals surface area contributed by atoms with Crippen molar-refractivity contribution < 1.29 is 13.2 Å². The van der Waals surface area contributed by atoms with E-state index in [1.807, 2.05) is 0 Å². The topological polar surface area (TPSA) is 62.4 Å². The molecule has 4 N–H and O–H groups in total. The normalized spacial score (nSPS) is 18.8. The third-order valence-corrected chi connectivity index (χ3v) is 3.42. The van der Waals surface area contributed by atoms with Crippen LogP contribution in [0.5, 0.6) is 0 Å². The molecule has 0 heterocycles. The third kappa shape index (κ3) is 6.95. The van der Waals surface area contributed by atoms with Crippen LogP contribution < -0.4 is 16.6 Å². The molecular formula is C10H19F3N4S. The molecule has 1 saturated carbocycles. The monoisotopic (exact) mass is 284 g/mol. The highest BCUT2D eigenvalue weighted by Gasteiger charge is 2.27. The van der Waals surface area contributed by atoms with Crippen LogP contribution in [0.2, 0.25) is 0 Å². The molecule has 1 rings (SSSR count). The van der Waals surface area contributed by atoms with Crippen LogP contribution in [0.4, 0.5) is 13.2 Å². The van der Waals surface area contributed by atoms with Gasteiger partial charge in [-0.05, 0) is 24.6 Å². The van der Waals surface area contributed by atoms with Crippen molar-refractivity contribution in [2.75, 3.05) is 12.3 Å². The molecule has 0 aromatic heterocycles. The van der Waals surface area contributed by atoms with Crippen molar-refractivity contribution in [2.24, 2.45) is 10.8 Å². The van der Waals surface area contributed by atoms with Gasteiger partial charge in [0.1, 0.15) is 0 Å². The molecule has 0 atom stereocenters. The molecule has 0 radical (unpaired) electrons. The number of rotatable bonds is 4. The first kappa shape index (κ1) is 15.4. The van der Waals surface area contributed by atoms with Crippen LogP contribution in [0.1, 0.15) is 32.1 Å². The Hall–Kier alpha value is -0.630. The molecule has 0 aliphatic heterocycles. The summed E-state index contributed by atoms with van der Waals surface area (Å²) in [6.07, 6.45) is 5.68. The Balaban J connectivity index is 2.26. The fourth-order valence-corrected chi connectivity index (χ4v) is 2.31. The zero-order valence-corrected chi connectivity index (χ0v) is 10.9. The van der Waals surface area contributed by atoms with Crippen LogP contribution >= 0.6 is 11.8 Å². The van der Waals surface area contributed by atoms with E-state index in [0.29, 0.717) is 12.0 Å². The predicted octanol–water partition coefficient (Wildman–Crippen LogP) is 1.98.